The molecule has 1 aromatic heterocycles. The van der Waals surface area contributed by atoms with Crippen LogP contribution in [0.1, 0.15) is 42.5 Å². The standard InChI is InChI=1S/C15H17F3N2O3.C2H6/c1-4-23-14(21)12-13(15(16,17)18)20(19(12)2)9-10-5-7-11(22-3)8-6-10;1-2/h5-8H,4,9H2,1-3H3;1-2H3. The molecule has 2 aromatic rings. The molecule has 140 valence electrons. The third-order valence-electron chi connectivity index (χ3n) is 3.40. The topological polar surface area (TPSA) is 45.4 Å². The van der Waals surface area contributed by atoms with Crippen molar-refractivity contribution in [1.29, 1.82) is 0 Å². The lowest BCUT2D eigenvalue weighted by atomic mass is 10.2. The molecule has 0 radical (unpaired) electrons. The fourth-order valence-corrected chi connectivity index (χ4v) is 2.30. The Bertz CT molecular complexity index is 685. The van der Waals surface area contributed by atoms with E-state index in [2.05, 4.69) is 4.74 Å². The molecule has 0 amide bonds. The first-order valence-corrected chi connectivity index (χ1v) is 7.92. The van der Waals surface area contributed by atoms with E-state index in [0.717, 1.165) is 9.36 Å². The Kier molecular flexibility index (Phi) is 7.14. The Balaban J connectivity index is 0.00000151. The number of nitrogens with zero attached hydrogens (tertiary/aromatic N) is 2. The van der Waals surface area contributed by atoms with E-state index in [1.54, 1.807) is 31.2 Å². The van der Waals surface area contributed by atoms with Gasteiger partial charge in [-0.25, -0.2) is 4.79 Å². The Morgan fingerprint density at radius 2 is 1.72 bits per heavy atom. The molecule has 0 atom stereocenters. The summed E-state index contributed by atoms with van der Waals surface area (Å²) in [5.74, 6) is -0.363. The van der Waals surface area contributed by atoms with E-state index in [1.807, 2.05) is 13.8 Å². The number of rotatable bonds is 5. The zero-order chi connectivity index (χ0) is 19.2. The lowest BCUT2D eigenvalue weighted by Crippen LogP contribution is -2.38. The lowest BCUT2D eigenvalue weighted by Gasteiger charge is -2.29. The summed E-state index contributed by atoms with van der Waals surface area (Å²) in [7, 11) is 2.90. The van der Waals surface area contributed by atoms with Crippen LogP contribution in [-0.4, -0.2) is 29.0 Å². The molecule has 5 nitrogen and oxygen atoms in total. The molecule has 8 heteroatoms. The average Bonchev–Trinajstić information content (AvgIpc) is 2.58. The first-order chi connectivity index (χ1) is 11.8. The van der Waals surface area contributed by atoms with Crippen LogP contribution in [0, 0.1) is 0 Å². The van der Waals surface area contributed by atoms with E-state index in [9.17, 15) is 18.0 Å². The molecule has 0 saturated heterocycles. The lowest BCUT2D eigenvalue weighted by molar-refractivity contribution is -0.150. The van der Waals surface area contributed by atoms with Crippen molar-refractivity contribution in [2.24, 2.45) is 7.05 Å². The van der Waals surface area contributed by atoms with Gasteiger partial charge in [0, 0.05) is 7.05 Å². The first kappa shape index (κ1) is 20.7. The second kappa shape index (κ2) is 8.64. The summed E-state index contributed by atoms with van der Waals surface area (Å²) in [5.41, 5.74) is -0.815. The van der Waals surface area contributed by atoms with Crippen molar-refractivity contribution in [1.82, 2.24) is 9.36 Å². The maximum Gasteiger partial charge on any atom is 0.435 e. The number of ether oxygens (including phenoxy) is 2. The van der Waals surface area contributed by atoms with Crippen molar-refractivity contribution in [2.75, 3.05) is 13.7 Å². The van der Waals surface area contributed by atoms with Gasteiger partial charge in [-0.15, -0.1) is 0 Å². The Labute approximate surface area is 144 Å². The van der Waals surface area contributed by atoms with Crippen molar-refractivity contribution in [2.45, 2.75) is 33.5 Å². The van der Waals surface area contributed by atoms with E-state index in [0.29, 0.717) is 11.3 Å². The van der Waals surface area contributed by atoms with Gasteiger partial charge in [-0.2, -0.15) is 13.2 Å². The molecule has 0 spiro atoms. The third-order valence-corrected chi connectivity index (χ3v) is 3.40. The van der Waals surface area contributed by atoms with E-state index in [1.165, 1.54) is 14.2 Å². The molecule has 0 fully saturated rings. The maximum absolute atomic E-state index is 13.2. The van der Waals surface area contributed by atoms with Crippen LogP contribution in [0.25, 0.3) is 0 Å². The maximum atomic E-state index is 13.2. The van der Waals surface area contributed by atoms with Gasteiger partial charge in [0.25, 0.3) is 0 Å². The van der Waals surface area contributed by atoms with Crippen LogP contribution >= 0.6 is 0 Å². The largest absolute Gasteiger partial charge is 0.497 e. The van der Waals surface area contributed by atoms with Crippen LogP contribution in [-0.2, 0) is 24.5 Å². The molecule has 0 bridgehead atoms. The molecule has 0 unspecified atom stereocenters. The van der Waals surface area contributed by atoms with Crippen LogP contribution in [0.4, 0.5) is 13.2 Å². The molecule has 0 aliphatic carbocycles. The normalized spacial score (nSPS) is 10.9. The minimum Gasteiger partial charge on any atom is -0.497 e. The van der Waals surface area contributed by atoms with Gasteiger partial charge in [0.15, 0.2) is 11.4 Å². The second-order valence-electron chi connectivity index (χ2n) is 4.84. The van der Waals surface area contributed by atoms with E-state index in [-0.39, 0.29) is 13.2 Å². The van der Waals surface area contributed by atoms with Crippen LogP contribution in [0.15, 0.2) is 24.3 Å². The Morgan fingerprint density at radius 3 is 2.16 bits per heavy atom. The van der Waals surface area contributed by atoms with Crippen LogP contribution < -0.4 is 4.74 Å². The number of hydrogen-bond acceptors (Lipinski definition) is 3. The molecule has 1 aromatic carbocycles. The number of halogens is 3. The van der Waals surface area contributed by atoms with E-state index < -0.39 is 23.5 Å². The van der Waals surface area contributed by atoms with Gasteiger partial charge >= 0.3 is 12.1 Å². The number of carbonyl (C=O) groups excluding carboxylic acids is 1. The van der Waals surface area contributed by atoms with Crippen LogP contribution in [0.3, 0.4) is 0 Å². The zero-order valence-electron chi connectivity index (χ0n) is 15.0. The molecule has 0 N–H and O–H groups in total. The molecule has 2 rings (SSSR count). The summed E-state index contributed by atoms with van der Waals surface area (Å²) in [6, 6.07) is 6.67. The predicted octanol–water partition coefficient (Wildman–Crippen LogP) is 4.11. The highest BCUT2D eigenvalue weighted by Crippen LogP contribution is 2.35. The highest BCUT2D eigenvalue weighted by Gasteiger charge is 2.44. The fraction of sp³-hybridized carbons (Fsp3) is 0.471. The molecule has 0 saturated carbocycles. The van der Waals surface area contributed by atoms with E-state index in [4.69, 9.17) is 4.74 Å². The SMILES string of the molecule is CC.CCOC(=O)c1c(C(F)(F)F)n(Cc2ccc(OC)cc2)n1C. The third kappa shape index (κ3) is 4.58. The number of aromatic nitrogens is 2. The van der Waals surface area contributed by atoms with Gasteiger partial charge in [-0.3, -0.25) is 9.36 Å². The van der Waals surface area contributed by atoms with Gasteiger partial charge in [-0.05, 0) is 24.6 Å². The number of alkyl halides is 3. The Hall–Kier alpha value is -2.38. The number of carbonyl (C=O) groups is 1. The summed E-state index contributed by atoms with van der Waals surface area (Å²) in [6.07, 6.45) is -4.64. The van der Waals surface area contributed by atoms with Crippen molar-refractivity contribution in [3.05, 3.63) is 41.2 Å². The molecular weight excluding hydrogens is 337 g/mol. The number of benzene rings is 1. The smallest absolute Gasteiger partial charge is 0.435 e. The van der Waals surface area contributed by atoms with Crippen molar-refractivity contribution in [3.8, 4) is 5.75 Å². The summed E-state index contributed by atoms with van der Waals surface area (Å²) in [4.78, 5) is 11.7. The van der Waals surface area contributed by atoms with Crippen LogP contribution in [0.2, 0.25) is 0 Å². The van der Waals surface area contributed by atoms with Gasteiger partial charge < -0.3 is 9.47 Å². The van der Waals surface area contributed by atoms with Gasteiger partial charge in [0.2, 0.25) is 0 Å². The Morgan fingerprint density at radius 1 is 1.16 bits per heavy atom. The molecule has 25 heavy (non-hydrogen) atoms. The summed E-state index contributed by atoms with van der Waals surface area (Å²) in [6.45, 7) is 5.54. The monoisotopic (exact) mass is 360 g/mol. The highest BCUT2D eigenvalue weighted by atomic mass is 19.4. The first-order valence-electron chi connectivity index (χ1n) is 7.92. The summed E-state index contributed by atoms with van der Waals surface area (Å²) < 4.78 is 51.6. The molecule has 1 heterocycles. The molecule has 0 aliphatic heterocycles. The number of methoxy groups -OCH3 is 1. The van der Waals surface area contributed by atoms with Gasteiger partial charge in [0.05, 0.1) is 20.3 Å². The quantitative estimate of drug-likeness (QED) is 0.754. The number of hydrogen-bond donors (Lipinski definition) is 0. The highest BCUT2D eigenvalue weighted by molar-refractivity contribution is 5.89. The fourth-order valence-electron chi connectivity index (χ4n) is 2.30. The van der Waals surface area contributed by atoms with Gasteiger partial charge in [0.1, 0.15) is 5.75 Å². The van der Waals surface area contributed by atoms with Crippen molar-refractivity contribution >= 4 is 5.97 Å². The average molecular weight is 360 g/mol. The van der Waals surface area contributed by atoms with Gasteiger partial charge in [-0.1, -0.05) is 26.0 Å². The van der Waals surface area contributed by atoms with E-state index >= 15 is 0 Å². The minimum atomic E-state index is -4.64. The second-order valence-corrected chi connectivity index (χ2v) is 4.84. The predicted molar refractivity (Wildman–Crippen MR) is 87.8 cm³/mol. The van der Waals surface area contributed by atoms with Crippen LogP contribution in [0.5, 0.6) is 5.75 Å². The summed E-state index contributed by atoms with van der Waals surface area (Å²) >= 11 is 0. The summed E-state index contributed by atoms with van der Waals surface area (Å²) in [5, 5.41) is 0. The molecule has 0 aliphatic rings. The number of esters is 1. The van der Waals surface area contributed by atoms with Crippen molar-refractivity contribution in [3.63, 3.8) is 0 Å². The zero-order valence-corrected chi connectivity index (χ0v) is 15.0. The minimum absolute atomic E-state index is 0.0137. The van der Waals surface area contributed by atoms with Crippen molar-refractivity contribution < 1.29 is 27.4 Å². The molecular formula is C17H23F3N2O3.